The zero-order valence-electron chi connectivity index (χ0n) is 22.6. The van der Waals surface area contributed by atoms with Gasteiger partial charge in [-0.1, -0.05) is 0 Å². The Balaban J connectivity index is 2.18. The Morgan fingerprint density at radius 1 is 0.617 bits per heavy atom. The van der Waals surface area contributed by atoms with Gasteiger partial charge in [0.2, 0.25) is 0 Å². The smallest absolute Gasteiger partial charge is 0.396 e. The number of rotatable bonds is 12. The second-order valence-corrected chi connectivity index (χ2v) is 16.1. The van der Waals surface area contributed by atoms with Gasteiger partial charge in [0.1, 0.15) is 43.3 Å². The van der Waals surface area contributed by atoms with Gasteiger partial charge < -0.3 is 11.5 Å². The first-order valence-electron chi connectivity index (χ1n) is 11.6. The Bertz CT molecular complexity index is 2380. The van der Waals surface area contributed by atoms with Crippen molar-refractivity contribution in [2.45, 2.75) is 19.6 Å². The molecule has 3 aromatic carbocycles. The van der Waals surface area contributed by atoms with Crippen LogP contribution in [-0.4, -0.2) is 72.7 Å². The van der Waals surface area contributed by atoms with E-state index in [2.05, 4.69) is 24.6 Å². The van der Waals surface area contributed by atoms with Crippen LogP contribution in [0.2, 0.25) is 0 Å². The lowest BCUT2D eigenvalue weighted by molar-refractivity contribution is 0.284. The molecule has 0 bridgehead atoms. The van der Waals surface area contributed by atoms with Gasteiger partial charge in [0.05, 0.1) is 28.6 Å². The fourth-order valence-electron chi connectivity index (χ4n) is 3.41. The summed E-state index contributed by atoms with van der Waals surface area (Å²) in [6, 6.07) is 4.15. The SMILES string of the molecule is Nc1c(N=Nc2ccc(S(=O)(=O)CCOS(=O)(=O)O)cc2S(=O)(=O)O)cc(S(=O)(=O)O)c(N)c1N=Nc1cc(F)ccc1S(=O)(=O)O. The summed E-state index contributed by atoms with van der Waals surface area (Å²) < 4.78 is 173. The van der Waals surface area contributed by atoms with E-state index in [9.17, 15) is 60.1 Å². The average Bonchev–Trinajstić information content (AvgIpc) is 2.89. The number of azo groups is 2. The number of nitrogen functional groups attached to an aromatic ring is 2. The summed E-state index contributed by atoms with van der Waals surface area (Å²) >= 11 is 0. The zero-order valence-corrected chi connectivity index (χ0v) is 26.7. The minimum Gasteiger partial charge on any atom is -0.396 e. The van der Waals surface area contributed by atoms with E-state index in [1.54, 1.807) is 0 Å². The summed E-state index contributed by atoms with van der Waals surface area (Å²) in [6.07, 6.45) is 0. The van der Waals surface area contributed by atoms with Gasteiger partial charge >= 0.3 is 10.4 Å². The molecule has 27 heteroatoms. The molecule has 0 saturated carbocycles. The minimum atomic E-state index is -5.29. The van der Waals surface area contributed by atoms with Crippen LogP contribution < -0.4 is 11.5 Å². The molecule has 0 saturated heterocycles. The molecule has 0 aliphatic carbocycles. The van der Waals surface area contributed by atoms with Crippen LogP contribution in [0.4, 0.5) is 38.5 Å². The van der Waals surface area contributed by atoms with Crippen LogP contribution in [0.3, 0.4) is 0 Å². The number of hydrogen-bond donors (Lipinski definition) is 6. The second kappa shape index (κ2) is 13.2. The number of sulfone groups is 1. The van der Waals surface area contributed by atoms with Crippen LogP contribution >= 0.6 is 0 Å². The topological polar surface area (TPSA) is 362 Å². The lowest BCUT2D eigenvalue weighted by Crippen LogP contribution is -2.16. The number of nitrogens with zero attached hydrogens (tertiary/aromatic N) is 4. The summed E-state index contributed by atoms with van der Waals surface area (Å²) in [6.45, 7) is -1.08. The van der Waals surface area contributed by atoms with Crippen LogP contribution in [0, 0.1) is 5.82 Å². The largest absolute Gasteiger partial charge is 0.397 e. The van der Waals surface area contributed by atoms with Crippen molar-refractivity contribution in [3.05, 3.63) is 48.3 Å². The maximum atomic E-state index is 13.8. The van der Waals surface area contributed by atoms with Crippen molar-refractivity contribution in [1.82, 2.24) is 0 Å². The van der Waals surface area contributed by atoms with Crippen molar-refractivity contribution in [1.29, 1.82) is 0 Å². The Hall–Kier alpha value is -4.06. The molecular weight excluding hydrogens is 744 g/mol. The molecule has 0 aliphatic rings. The van der Waals surface area contributed by atoms with Crippen molar-refractivity contribution in [2.75, 3.05) is 23.8 Å². The third-order valence-electron chi connectivity index (χ3n) is 5.47. The summed E-state index contributed by atoms with van der Waals surface area (Å²) in [5, 5.41) is 14.0. The lowest BCUT2D eigenvalue weighted by atomic mass is 10.2. The molecule has 256 valence electrons. The van der Waals surface area contributed by atoms with Crippen LogP contribution in [-0.2, 0) is 54.8 Å². The average molecular weight is 763 g/mol. The lowest BCUT2D eigenvalue weighted by Gasteiger charge is -2.11. The Morgan fingerprint density at radius 3 is 1.72 bits per heavy atom. The highest BCUT2D eigenvalue weighted by molar-refractivity contribution is 7.91. The van der Waals surface area contributed by atoms with Gasteiger partial charge in [-0.15, -0.1) is 20.5 Å². The van der Waals surface area contributed by atoms with Gasteiger partial charge in [0, 0.05) is 6.07 Å². The van der Waals surface area contributed by atoms with E-state index < -0.39 is 122 Å². The van der Waals surface area contributed by atoms with Gasteiger partial charge in [-0.2, -0.15) is 33.7 Å². The standard InChI is InChI=1S/C20H19FN6O15S5/c21-10-1-4-15(44(30,31)32)13(7-10)25-27-20-18(22)14(9-17(19(20)23)46(36,37)38)26-24-12-3-2-11(8-16(12)45(33,34)35)43(28,29)6-5-42-47(39,40)41/h1-4,7-9H,5-6,22-23H2,(H,30,31,32)(H,33,34,35)(H,36,37,38)(H,39,40,41). The highest BCUT2D eigenvalue weighted by atomic mass is 32.3. The van der Waals surface area contributed by atoms with Crippen LogP contribution in [0.15, 0.2) is 82.5 Å². The maximum absolute atomic E-state index is 13.8. The molecule has 3 rings (SSSR count). The number of nitrogens with two attached hydrogens (primary N) is 2. The number of halogens is 1. The van der Waals surface area contributed by atoms with E-state index in [1.807, 2.05) is 0 Å². The van der Waals surface area contributed by atoms with E-state index >= 15 is 0 Å². The molecule has 47 heavy (non-hydrogen) atoms. The Kier molecular flexibility index (Phi) is 10.5. The Labute approximate surface area is 264 Å². The summed E-state index contributed by atoms with van der Waals surface area (Å²) in [5.41, 5.74) is 6.90. The molecule has 0 aliphatic heterocycles. The molecule has 0 atom stereocenters. The zero-order chi connectivity index (χ0) is 35.8. The molecule has 0 amide bonds. The molecule has 0 aromatic heterocycles. The molecule has 0 radical (unpaired) electrons. The predicted octanol–water partition coefficient (Wildman–Crippen LogP) is 2.15. The first kappa shape index (κ1) is 37.4. The van der Waals surface area contributed by atoms with Crippen molar-refractivity contribution in [2.24, 2.45) is 20.5 Å². The number of benzene rings is 3. The van der Waals surface area contributed by atoms with E-state index in [0.29, 0.717) is 36.4 Å². The maximum Gasteiger partial charge on any atom is 0.397 e. The van der Waals surface area contributed by atoms with Gasteiger partial charge in [0.25, 0.3) is 30.4 Å². The van der Waals surface area contributed by atoms with Crippen LogP contribution in [0.25, 0.3) is 0 Å². The Morgan fingerprint density at radius 2 is 1.17 bits per heavy atom. The summed E-state index contributed by atoms with van der Waals surface area (Å²) in [7, 11) is -25.0. The normalized spacial score (nSPS) is 13.5. The molecule has 21 nitrogen and oxygen atoms in total. The van der Waals surface area contributed by atoms with Crippen molar-refractivity contribution in [3.8, 4) is 0 Å². The molecule has 3 aromatic rings. The predicted molar refractivity (Wildman–Crippen MR) is 155 cm³/mol. The minimum absolute atomic E-state index is 0.397. The van der Waals surface area contributed by atoms with Crippen molar-refractivity contribution < 1.29 is 68.9 Å². The summed E-state index contributed by atoms with van der Waals surface area (Å²) in [5.74, 6) is -2.13. The molecule has 8 N–H and O–H groups in total. The van der Waals surface area contributed by atoms with Crippen molar-refractivity contribution in [3.63, 3.8) is 0 Å². The van der Waals surface area contributed by atoms with E-state index in [-0.39, 0.29) is 0 Å². The number of anilines is 2. The van der Waals surface area contributed by atoms with Gasteiger partial charge in [0.15, 0.2) is 9.84 Å². The summed E-state index contributed by atoms with van der Waals surface area (Å²) in [4.78, 5) is -4.06. The van der Waals surface area contributed by atoms with Crippen molar-refractivity contribution >= 4 is 84.7 Å². The fourth-order valence-corrected chi connectivity index (χ4v) is 6.88. The molecule has 0 fully saturated rings. The van der Waals surface area contributed by atoms with E-state index in [4.69, 9.17) is 16.0 Å². The number of hydrogen-bond acceptors (Lipinski definition) is 17. The van der Waals surface area contributed by atoms with Crippen LogP contribution in [0.5, 0.6) is 0 Å². The molecule has 0 spiro atoms. The quantitative estimate of drug-likeness (QED) is 0.0874. The third kappa shape index (κ3) is 9.50. The highest BCUT2D eigenvalue weighted by Gasteiger charge is 2.25. The molecule has 0 unspecified atom stereocenters. The van der Waals surface area contributed by atoms with E-state index in [0.717, 1.165) is 6.07 Å². The molecular formula is C20H19FN6O15S5. The van der Waals surface area contributed by atoms with Gasteiger partial charge in [-0.05, 0) is 36.4 Å². The fraction of sp³-hybridized carbons (Fsp3) is 0.100. The third-order valence-corrected chi connectivity index (χ3v) is 10.3. The highest BCUT2D eigenvalue weighted by Crippen LogP contribution is 2.43. The van der Waals surface area contributed by atoms with Gasteiger partial charge in [-0.25, -0.2) is 17.0 Å². The second-order valence-electron chi connectivity index (χ2n) is 8.71. The first-order chi connectivity index (χ1) is 21.3. The molecule has 0 heterocycles. The van der Waals surface area contributed by atoms with E-state index in [1.165, 1.54) is 0 Å². The monoisotopic (exact) mass is 762 g/mol. The van der Waals surface area contributed by atoms with Crippen LogP contribution in [0.1, 0.15) is 0 Å². The van der Waals surface area contributed by atoms with Gasteiger partial charge in [-0.3, -0.25) is 18.2 Å². The first-order valence-corrected chi connectivity index (χ1v) is 18.9.